The number of rotatable bonds is 2. The van der Waals surface area contributed by atoms with Crippen LogP contribution in [0.4, 0.5) is 5.69 Å². The van der Waals surface area contributed by atoms with Gasteiger partial charge in [0.1, 0.15) is 4.83 Å². The van der Waals surface area contributed by atoms with Crippen LogP contribution in [0.25, 0.3) is 20.7 Å². The van der Waals surface area contributed by atoms with Crippen LogP contribution in [0.15, 0.2) is 29.4 Å². The van der Waals surface area contributed by atoms with Gasteiger partial charge in [0.15, 0.2) is 0 Å². The smallest absolute Gasteiger partial charge is 0.146 e. The highest BCUT2D eigenvalue weighted by atomic mass is 32.1. The number of fused-ring (bicyclic) bond motifs is 1. The van der Waals surface area contributed by atoms with Crippen LogP contribution in [0.2, 0.25) is 0 Å². The van der Waals surface area contributed by atoms with E-state index in [9.17, 15) is 0 Å². The average Bonchev–Trinajstić information content (AvgIpc) is 2.92. The van der Waals surface area contributed by atoms with Crippen LogP contribution in [0.3, 0.4) is 0 Å². The van der Waals surface area contributed by atoms with Gasteiger partial charge in [0, 0.05) is 48.0 Å². The molecule has 0 aliphatic carbocycles. The molecular weight excluding hydrogens is 268 g/mol. The van der Waals surface area contributed by atoms with E-state index in [1.807, 2.05) is 24.9 Å². The number of nitrogen functional groups attached to an aromatic ring is 1. The number of benzene rings is 1. The standard InChI is InChI=1S/C15H16N4S/c1-9-4-10(5-11(7-17-2)14(9)16)13-6-12-8-19(3)18-15(12)20-13/h4-8H,16H2,1-3H3. The van der Waals surface area contributed by atoms with Crippen molar-refractivity contribution in [2.24, 2.45) is 12.0 Å². The second kappa shape index (κ2) is 4.76. The summed E-state index contributed by atoms with van der Waals surface area (Å²) in [6.45, 7) is 2.03. The summed E-state index contributed by atoms with van der Waals surface area (Å²) in [5.41, 5.74) is 10.1. The van der Waals surface area contributed by atoms with Gasteiger partial charge in [0.2, 0.25) is 0 Å². The summed E-state index contributed by atoms with van der Waals surface area (Å²) >= 11 is 1.70. The van der Waals surface area contributed by atoms with Gasteiger partial charge in [0.05, 0.1) is 0 Å². The summed E-state index contributed by atoms with van der Waals surface area (Å²) < 4.78 is 1.84. The van der Waals surface area contributed by atoms with Gasteiger partial charge in [-0.25, -0.2) is 0 Å². The topological polar surface area (TPSA) is 56.2 Å². The molecule has 102 valence electrons. The van der Waals surface area contributed by atoms with Crippen molar-refractivity contribution in [3.05, 3.63) is 35.5 Å². The maximum absolute atomic E-state index is 6.09. The van der Waals surface area contributed by atoms with E-state index in [-0.39, 0.29) is 0 Å². The van der Waals surface area contributed by atoms with E-state index >= 15 is 0 Å². The highest BCUT2D eigenvalue weighted by molar-refractivity contribution is 7.21. The predicted octanol–water partition coefficient (Wildman–Crippen LogP) is 3.24. The summed E-state index contributed by atoms with van der Waals surface area (Å²) in [4.78, 5) is 6.33. The van der Waals surface area contributed by atoms with Crippen LogP contribution >= 0.6 is 11.3 Å². The van der Waals surface area contributed by atoms with Gasteiger partial charge in [-0.3, -0.25) is 9.67 Å². The van der Waals surface area contributed by atoms with E-state index < -0.39 is 0 Å². The number of anilines is 1. The van der Waals surface area contributed by atoms with Crippen LogP contribution in [-0.4, -0.2) is 23.0 Å². The fourth-order valence-electron chi connectivity index (χ4n) is 2.30. The Morgan fingerprint density at radius 2 is 2.15 bits per heavy atom. The largest absolute Gasteiger partial charge is 0.398 e. The fraction of sp³-hybridized carbons (Fsp3) is 0.200. The van der Waals surface area contributed by atoms with Crippen molar-refractivity contribution in [3.8, 4) is 10.4 Å². The summed E-state index contributed by atoms with van der Waals surface area (Å²) in [6.07, 6.45) is 3.84. The molecule has 20 heavy (non-hydrogen) atoms. The Kier molecular flexibility index (Phi) is 3.06. The van der Waals surface area contributed by atoms with Crippen molar-refractivity contribution >= 4 is 33.5 Å². The molecular formula is C15H16N4S. The van der Waals surface area contributed by atoms with E-state index in [1.165, 1.54) is 10.3 Å². The molecule has 1 aromatic carbocycles. The number of nitrogens with two attached hydrogens (primary N) is 1. The van der Waals surface area contributed by atoms with Gasteiger partial charge in [-0.1, -0.05) is 0 Å². The lowest BCUT2D eigenvalue weighted by Crippen LogP contribution is -1.97. The number of aliphatic imine (C=N–C) groups is 1. The minimum absolute atomic E-state index is 0.791. The predicted molar refractivity (Wildman–Crippen MR) is 86.7 cm³/mol. The minimum Gasteiger partial charge on any atom is -0.398 e. The SMILES string of the molecule is CN=Cc1cc(-c2cc3cn(C)nc3s2)cc(C)c1N. The lowest BCUT2D eigenvalue weighted by molar-refractivity contribution is 0.781. The van der Waals surface area contributed by atoms with Crippen LogP contribution in [0.5, 0.6) is 0 Å². The highest BCUT2D eigenvalue weighted by Crippen LogP contribution is 2.34. The van der Waals surface area contributed by atoms with Crippen molar-refractivity contribution in [1.29, 1.82) is 0 Å². The summed E-state index contributed by atoms with van der Waals surface area (Å²) in [5.74, 6) is 0. The lowest BCUT2D eigenvalue weighted by atomic mass is 10.0. The molecule has 4 nitrogen and oxygen atoms in total. The molecule has 5 heteroatoms. The van der Waals surface area contributed by atoms with Crippen molar-refractivity contribution in [2.45, 2.75) is 6.92 Å². The van der Waals surface area contributed by atoms with Crippen molar-refractivity contribution in [3.63, 3.8) is 0 Å². The Hall–Kier alpha value is -2.14. The van der Waals surface area contributed by atoms with E-state index in [0.29, 0.717) is 0 Å². The Morgan fingerprint density at radius 3 is 2.85 bits per heavy atom. The van der Waals surface area contributed by atoms with Crippen LogP contribution in [-0.2, 0) is 7.05 Å². The summed E-state index contributed by atoms with van der Waals surface area (Å²) in [7, 11) is 3.69. The highest BCUT2D eigenvalue weighted by Gasteiger charge is 2.10. The minimum atomic E-state index is 0.791. The van der Waals surface area contributed by atoms with Gasteiger partial charge in [0.25, 0.3) is 0 Å². The third-order valence-corrected chi connectivity index (χ3v) is 4.37. The number of nitrogens with zero attached hydrogens (tertiary/aromatic N) is 3. The molecule has 0 aliphatic heterocycles. The molecule has 2 heterocycles. The van der Waals surface area contributed by atoms with E-state index in [2.05, 4.69) is 28.3 Å². The second-order valence-electron chi connectivity index (χ2n) is 4.86. The molecule has 0 saturated carbocycles. The molecule has 0 aliphatic rings. The van der Waals surface area contributed by atoms with Crippen LogP contribution in [0, 0.1) is 6.92 Å². The van der Waals surface area contributed by atoms with Crippen molar-refractivity contribution in [1.82, 2.24) is 9.78 Å². The summed E-state index contributed by atoms with van der Waals surface area (Å²) in [6, 6.07) is 6.37. The van der Waals surface area contributed by atoms with Gasteiger partial charge < -0.3 is 5.73 Å². The van der Waals surface area contributed by atoms with E-state index in [4.69, 9.17) is 5.73 Å². The molecule has 0 spiro atoms. The third-order valence-electron chi connectivity index (χ3n) is 3.29. The molecule has 0 atom stereocenters. The third kappa shape index (κ3) is 2.10. The molecule has 0 bridgehead atoms. The Morgan fingerprint density at radius 1 is 1.35 bits per heavy atom. The Labute approximate surface area is 121 Å². The van der Waals surface area contributed by atoms with E-state index in [1.54, 1.807) is 24.6 Å². The quantitative estimate of drug-likeness (QED) is 0.580. The zero-order chi connectivity index (χ0) is 14.3. The van der Waals surface area contributed by atoms with Crippen molar-refractivity contribution in [2.75, 3.05) is 12.8 Å². The first kappa shape index (κ1) is 12.9. The summed E-state index contributed by atoms with van der Waals surface area (Å²) in [5, 5.41) is 5.62. The number of thiophene rings is 1. The number of hydrogen-bond acceptors (Lipinski definition) is 4. The van der Waals surface area contributed by atoms with Gasteiger partial charge in [-0.05, 0) is 36.2 Å². The molecule has 2 aromatic heterocycles. The van der Waals surface area contributed by atoms with Gasteiger partial charge >= 0.3 is 0 Å². The first-order valence-electron chi connectivity index (χ1n) is 6.34. The number of hydrogen-bond donors (Lipinski definition) is 1. The van der Waals surface area contributed by atoms with E-state index in [0.717, 1.165) is 27.2 Å². The average molecular weight is 284 g/mol. The van der Waals surface area contributed by atoms with Gasteiger partial charge in [-0.15, -0.1) is 11.3 Å². The molecule has 0 saturated heterocycles. The van der Waals surface area contributed by atoms with Crippen LogP contribution < -0.4 is 5.73 Å². The Bertz CT molecular complexity index is 779. The molecule has 0 unspecified atom stereocenters. The first-order chi connectivity index (χ1) is 9.58. The molecule has 2 N–H and O–H groups in total. The number of aryl methyl sites for hydroxylation is 2. The molecule has 0 radical (unpaired) electrons. The lowest BCUT2D eigenvalue weighted by Gasteiger charge is -2.07. The normalized spacial score (nSPS) is 11.8. The molecule has 0 amide bonds. The molecule has 0 fully saturated rings. The zero-order valence-electron chi connectivity index (χ0n) is 11.7. The molecule has 3 rings (SSSR count). The maximum Gasteiger partial charge on any atom is 0.146 e. The first-order valence-corrected chi connectivity index (χ1v) is 7.16. The zero-order valence-corrected chi connectivity index (χ0v) is 12.5. The monoisotopic (exact) mass is 284 g/mol. The second-order valence-corrected chi connectivity index (χ2v) is 5.89. The fourth-order valence-corrected chi connectivity index (χ4v) is 3.32. The van der Waals surface area contributed by atoms with Crippen LogP contribution in [0.1, 0.15) is 11.1 Å². The van der Waals surface area contributed by atoms with Crippen molar-refractivity contribution < 1.29 is 0 Å². The number of aromatic nitrogens is 2. The van der Waals surface area contributed by atoms with Gasteiger partial charge in [-0.2, -0.15) is 5.10 Å². The molecule has 3 aromatic rings. The maximum atomic E-state index is 6.09. The Balaban J connectivity index is 2.15.